The van der Waals surface area contributed by atoms with Crippen LogP contribution in [0.3, 0.4) is 0 Å². The van der Waals surface area contributed by atoms with Gasteiger partial charge in [-0.3, -0.25) is 4.79 Å². The van der Waals surface area contributed by atoms with E-state index in [1.807, 2.05) is 26.0 Å². The molecule has 2 aliphatic heterocycles. The maximum absolute atomic E-state index is 12.5. The molecule has 0 radical (unpaired) electrons. The molecular formula is C23H32N4O5. The standard InChI is InChI=1S/C23H32N4O5/c1-13-4-6-14(7-5-13)10-18(28)29-11-17-20-21(32-23(2,3)31-20)19(30-17)15-8-9-16-22(24)25-12-26-27(15)16/h8-9,12-14,17,19-21H,4-7,10-11H2,1-3H3,(H2,24,25,26)/t13?,14?,17-,19+,20-,21+/m1/s1. The van der Waals surface area contributed by atoms with Crippen molar-refractivity contribution in [3.8, 4) is 0 Å². The van der Waals surface area contributed by atoms with Gasteiger partial charge in [0.2, 0.25) is 0 Å². The lowest BCUT2D eigenvalue weighted by molar-refractivity contribution is -0.194. The van der Waals surface area contributed by atoms with Crippen LogP contribution >= 0.6 is 0 Å². The number of nitrogen functional groups attached to an aromatic ring is 1. The third-order valence-corrected chi connectivity index (χ3v) is 6.95. The molecule has 2 saturated heterocycles. The minimum absolute atomic E-state index is 0.138. The van der Waals surface area contributed by atoms with Crippen LogP contribution < -0.4 is 5.73 Å². The summed E-state index contributed by atoms with van der Waals surface area (Å²) < 4.78 is 26.0. The van der Waals surface area contributed by atoms with E-state index in [0.29, 0.717) is 23.7 Å². The van der Waals surface area contributed by atoms with Crippen molar-refractivity contribution in [2.45, 2.75) is 83.1 Å². The maximum Gasteiger partial charge on any atom is 0.306 e. The fourth-order valence-electron chi connectivity index (χ4n) is 5.25. The quantitative estimate of drug-likeness (QED) is 0.701. The first kappa shape index (κ1) is 21.6. The number of nitrogens with zero attached hydrogens (tertiary/aromatic N) is 3. The number of ether oxygens (including phenoxy) is 4. The minimum atomic E-state index is -0.751. The van der Waals surface area contributed by atoms with Gasteiger partial charge in [0.25, 0.3) is 0 Å². The third kappa shape index (κ3) is 4.09. The molecule has 0 unspecified atom stereocenters. The summed E-state index contributed by atoms with van der Waals surface area (Å²) >= 11 is 0. The van der Waals surface area contributed by atoms with Gasteiger partial charge in [0.15, 0.2) is 11.6 Å². The lowest BCUT2D eigenvalue weighted by Gasteiger charge is -2.26. The van der Waals surface area contributed by atoms with E-state index in [2.05, 4.69) is 17.0 Å². The van der Waals surface area contributed by atoms with Crippen molar-refractivity contribution >= 4 is 17.3 Å². The zero-order chi connectivity index (χ0) is 22.5. The molecule has 32 heavy (non-hydrogen) atoms. The molecule has 9 heteroatoms. The number of esters is 1. The van der Waals surface area contributed by atoms with E-state index in [1.165, 1.54) is 19.2 Å². The number of carbonyl (C=O) groups excluding carboxylic acids is 1. The molecular weight excluding hydrogens is 412 g/mol. The molecule has 0 spiro atoms. The summed E-state index contributed by atoms with van der Waals surface area (Å²) in [6.07, 6.45) is 4.92. The summed E-state index contributed by atoms with van der Waals surface area (Å²) in [7, 11) is 0. The number of rotatable bonds is 5. The first-order valence-corrected chi connectivity index (χ1v) is 11.6. The van der Waals surface area contributed by atoms with Crippen molar-refractivity contribution in [1.29, 1.82) is 0 Å². The monoisotopic (exact) mass is 444 g/mol. The molecule has 2 aromatic heterocycles. The van der Waals surface area contributed by atoms with Crippen LogP contribution in [0.1, 0.15) is 64.7 Å². The van der Waals surface area contributed by atoms with E-state index in [-0.39, 0.29) is 24.8 Å². The van der Waals surface area contributed by atoms with E-state index in [0.717, 1.165) is 24.5 Å². The summed E-state index contributed by atoms with van der Waals surface area (Å²) in [5, 5.41) is 4.33. The van der Waals surface area contributed by atoms with Gasteiger partial charge in [-0.05, 0) is 50.7 Å². The average molecular weight is 445 g/mol. The van der Waals surface area contributed by atoms with Crippen LogP contribution in [0.4, 0.5) is 5.82 Å². The Morgan fingerprint density at radius 3 is 2.75 bits per heavy atom. The lowest BCUT2D eigenvalue weighted by atomic mass is 9.81. The first-order chi connectivity index (χ1) is 15.3. The molecule has 1 aliphatic carbocycles. The van der Waals surface area contributed by atoms with Crippen molar-refractivity contribution in [3.05, 3.63) is 24.2 Å². The molecule has 4 atom stereocenters. The first-order valence-electron chi connectivity index (χ1n) is 11.6. The number of hydrogen-bond donors (Lipinski definition) is 1. The van der Waals surface area contributed by atoms with Gasteiger partial charge >= 0.3 is 5.97 Å². The second kappa shape index (κ2) is 8.28. The predicted molar refractivity (Wildman–Crippen MR) is 116 cm³/mol. The van der Waals surface area contributed by atoms with Gasteiger partial charge in [0, 0.05) is 6.42 Å². The van der Waals surface area contributed by atoms with Gasteiger partial charge < -0.3 is 24.7 Å². The molecule has 3 aliphatic rings. The van der Waals surface area contributed by atoms with E-state index >= 15 is 0 Å². The van der Waals surface area contributed by atoms with Gasteiger partial charge in [-0.2, -0.15) is 5.10 Å². The van der Waals surface area contributed by atoms with E-state index in [1.54, 1.807) is 4.52 Å². The Hall–Kier alpha value is -2.23. The molecule has 2 aromatic rings. The number of aromatic nitrogens is 3. The summed E-state index contributed by atoms with van der Waals surface area (Å²) in [6.45, 7) is 6.18. The maximum atomic E-state index is 12.5. The highest BCUT2D eigenvalue weighted by Crippen LogP contribution is 2.45. The Balaban J connectivity index is 1.28. The van der Waals surface area contributed by atoms with Crippen molar-refractivity contribution in [1.82, 2.24) is 14.6 Å². The number of nitrogens with two attached hydrogens (primary N) is 1. The van der Waals surface area contributed by atoms with E-state index in [4.69, 9.17) is 24.7 Å². The normalized spacial score (nSPS) is 34.0. The average Bonchev–Trinajstić information content (AvgIpc) is 3.40. The van der Waals surface area contributed by atoms with Gasteiger partial charge in [-0.15, -0.1) is 0 Å². The molecule has 9 nitrogen and oxygen atoms in total. The van der Waals surface area contributed by atoms with Crippen LogP contribution in [0.25, 0.3) is 5.52 Å². The number of carbonyl (C=O) groups is 1. The molecule has 0 bridgehead atoms. The highest BCUT2D eigenvalue weighted by molar-refractivity contribution is 5.69. The lowest BCUT2D eigenvalue weighted by Crippen LogP contribution is -2.34. The van der Waals surface area contributed by atoms with Gasteiger partial charge in [0.1, 0.15) is 42.9 Å². The molecule has 3 fully saturated rings. The fraction of sp³-hybridized carbons (Fsp3) is 0.696. The second-order valence-corrected chi connectivity index (χ2v) is 9.87. The van der Waals surface area contributed by atoms with Crippen molar-refractivity contribution < 1.29 is 23.7 Å². The van der Waals surface area contributed by atoms with Crippen LogP contribution in [-0.2, 0) is 23.7 Å². The highest BCUT2D eigenvalue weighted by atomic mass is 16.8. The largest absolute Gasteiger partial charge is 0.463 e. The van der Waals surface area contributed by atoms with Gasteiger partial charge in [0.05, 0.1) is 5.69 Å². The molecule has 4 heterocycles. The predicted octanol–water partition coefficient (Wildman–Crippen LogP) is 3.03. The molecule has 1 saturated carbocycles. The Kier molecular flexibility index (Phi) is 5.59. The van der Waals surface area contributed by atoms with Crippen LogP contribution in [-0.4, -0.2) is 51.3 Å². The third-order valence-electron chi connectivity index (χ3n) is 6.95. The van der Waals surface area contributed by atoms with Crippen molar-refractivity contribution in [3.63, 3.8) is 0 Å². The molecule has 5 rings (SSSR count). The van der Waals surface area contributed by atoms with Crippen LogP contribution in [0.15, 0.2) is 18.5 Å². The summed E-state index contributed by atoms with van der Waals surface area (Å²) in [5.74, 6) is 0.661. The number of anilines is 1. The minimum Gasteiger partial charge on any atom is -0.463 e. The Bertz CT molecular complexity index is 984. The van der Waals surface area contributed by atoms with E-state index in [9.17, 15) is 4.79 Å². The molecule has 174 valence electrons. The Morgan fingerprint density at radius 2 is 1.97 bits per heavy atom. The highest BCUT2D eigenvalue weighted by Gasteiger charge is 2.56. The van der Waals surface area contributed by atoms with Gasteiger partial charge in [-0.25, -0.2) is 9.50 Å². The smallest absolute Gasteiger partial charge is 0.306 e. The van der Waals surface area contributed by atoms with Crippen LogP contribution in [0.5, 0.6) is 0 Å². The molecule has 2 N–H and O–H groups in total. The van der Waals surface area contributed by atoms with Crippen molar-refractivity contribution in [2.24, 2.45) is 11.8 Å². The molecule has 0 amide bonds. The summed E-state index contributed by atoms with van der Waals surface area (Å²) in [6, 6.07) is 3.78. The SMILES string of the molecule is CC1CCC(CC(=O)OC[C@H]2O[C@@H](c3ccc4c(N)ncnn34)[C@@H]3OC(C)(C)O[C@@H]32)CC1. The molecule has 0 aromatic carbocycles. The zero-order valence-electron chi connectivity index (χ0n) is 18.9. The van der Waals surface area contributed by atoms with E-state index < -0.39 is 18.0 Å². The Labute approximate surface area is 187 Å². The Morgan fingerprint density at radius 1 is 1.22 bits per heavy atom. The van der Waals surface area contributed by atoms with Crippen LogP contribution in [0.2, 0.25) is 0 Å². The fourth-order valence-corrected chi connectivity index (χ4v) is 5.25. The summed E-state index contributed by atoms with van der Waals surface area (Å²) in [5.41, 5.74) is 7.49. The number of hydrogen-bond acceptors (Lipinski definition) is 8. The zero-order valence-corrected chi connectivity index (χ0v) is 18.9. The van der Waals surface area contributed by atoms with Crippen molar-refractivity contribution in [2.75, 3.05) is 12.3 Å². The number of fused-ring (bicyclic) bond motifs is 2. The van der Waals surface area contributed by atoms with Gasteiger partial charge in [-0.1, -0.05) is 19.8 Å². The second-order valence-electron chi connectivity index (χ2n) is 9.87. The summed E-state index contributed by atoms with van der Waals surface area (Å²) in [4.78, 5) is 16.6. The van der Waals surface area contributed by atoms with Crippen LogP contribution in [0, 0.1) is 11.8 Å². The topological polar surface area (TPSA) is 110 Å².